The zero-order chi connectivity index (χ0) is 32.0. The van der Waals surface area contributed by atoms with Crippen LogP contribution in [-0.4, -0.2) is 54.7 Å². The average molecular weight is 660 g/mol. The van der Waals surface area contributed by atoms with Gasteiger partial charge in [0, 0.05) is 46.8 Å². The van der Waals surface area contributed by atoms with Crippen LogP contribution in [0.2, 0.25) is 18.1 Å². The Morgan fingerprint density at radius 1 is 1.02 bits per heavy atom. The van der Waals surface area contributed by atoms with Gasteiger partial charge in [-0.05, 0) is 43.1 Å². The normalized spacial score (nSPS) is 14.6. The molecule has 0 saturated carbocycles. The molecule has 0 aliphatic carbocycles. The van der Waals surface area contributed by atoms with E-state index < -0.39 is 14.2 Å². The highest BCUT2D eigenvalue weighted by Crippen LogP contribution is 2.36. The number of carbonyl (C=O) groups is 2. The Morgan fingerprint density at radius 3 is 2.47 bits per heavy atom. The van der Waals surface area contributed by atoms with Crippen LogP contribution < -0.4 is 15.8 Å². The second-order valence-corrected chi connectivity index (χ2v) is 18.5. The molecule has 2 amide bonds. The van der Waals surface area contributed by atoms with Crippen LogP contribution in [0.15, 0.2) is 81.8 Å². The zero-order valence-electron chi connectivity index (χ0n) is 26.0. The van der Waals surface area contributed by atoms with Gasteiger partial charge in [0.25, 0.3) is 5.91 Å². The molecule has 1 aliphatic rings. The number of aromatic nitrogens is 2. The number of nitrogens with zero attached hydrogens (tertiary/aromatic N) is 5. The molecule has 0 bridgehead atoms. The lowest BCUT2D eigenvalue weighted by Crippen LogP contribution is -2.41. The number of nitrogens with one attached hydrogen (secondary N) is 2. The number of thiazole rings is 2. The highest BCUT2D eigenvalue weighted by atomic mass is 32.1. The van der Waals surface area contributed by atoms with Crippen LogP contribution in [0.4, 0.5) is 10.3 Å². The molecule has 3 heterocycles. The Morgan fingerprint density at radius 2 is 1.78 bits per heavy atom. The maximum absolute atomic E-state index is 13.5. The van der Waals surface area contributed by atoms with E-state index in [9.17, 15) is 9.59 Å². The molecule has 13 heteroatoms. The summed E-state index contributed by atoms with van der Waals surface area (Å²) in [5.41, 5.74) is 6.32. The van der Waals surface area contributed by atoms with Gasteiger partial charge in [-0.15, -0.1) is 22.7 Å². The summed E-state index contributed by atoms with van der Waals surface area (Å²) < 4.78 is 6.22. The molecular weight excluding hydrogens is 623 g/mol. The van der Waals surface area contributed by atoms with Gasteiger partial charge in [-0.1, -0.05) is 63.2 Å². The molecule has 0 fully saturated rings. The maximum atomic E-state index is 13.5. The van der Waals surface area contributed by atoms with Gasteiger partial charge >= 0.3 is 5.91 Å². The van der Waals surface area contributed by atoms with E-state index in [0.29, 0.717) is 33.8 Å². The van der Waals surface area contributed by atoms with Crippen LogP contribution in [0.1, 0.15) is 49.5 Å². The molecule has 45 heavy (non-hydrogen) atoms. The molecule has 2 aromatic heterocycles. The highest BCUT2D eigenvalue weighted by Gasteiger charge is 2.37. The van der Waals surface area contributed by atoms with Gasteiger partial charge in [0.1, 0.15) is 5.71 Å². The van der Waals surface area contributed by atoms with E-state index in [1.165, 1.54) is 27.7 Å². The number of unbranched alkanes of at least 4 members (excludes halogenated alkanes) is 1. The van der Waals surface area contributed by atoms with Crippen molar-refractivity contribution in [2.24, 2.45) is 10.2 Å². The van der Waals surface area contributed by atoms with E-state index in [1.807, 2.05) is 53.2 Å². The third kappa shape index (κ3) is 7.79. The summed E-state index contributed by atoms with van der Waals surface area (Å²) in [6, 6.07) is 16.7. The van der Waals surface area contributed by atoms with E-state index in [1.54, 1.807) is 18.3 Å². The topological polar surface area (TPSA) is 121 Å². The molecule has 2 N–H and O–H groups in total. The molecule has 5 rings (SSSR count). The Balaban J connectivity index is 1.20. The van der Waals surface area contributed by atoms with Crippen molar-refractivity contribution < 1.29 is 14.0 Å². The number of hydrogen-bond acceptors (Lipinski definition) is 10. The summed E-state index contributed by atoms with van der Waals surface area (Å²) >= 11 is 2.69. The van der Waals surface area contributed by atoms with Crippen LogP contribution in [0.3, 0.4) is 0 Å². The van der Waals surface area contributed by atoms with Crippen molar-refractivity contribution >= 4 is 64.5 Å². The number of amides is 2. The third-order valence-electron chi connectivity index (χ3n) is 7.80. The van der Waals surface area contributed by atoms with Crippen LogP contribution in [0, 0.1) is 0 Å². The van der Waals surface area contributed by atoms with Crippen molar-refractivity contribution in [2.45, 2.75) is 51.7 Å². The van der Waals surface area contributed by atoms with Gasteiger partial charge in [0.2, 0.25) is 10.3 Å². The molecule has 0 radical (unpaired) electrons. The van der Waals surface area contributed by atoms with Crippen molar-refractivity contribution in [3.63, 3.8) is 0 Å². The third-order valence-corrected chi connectivity index (χ3v) is 13.8. The molecule has 0 atom stereocenters. The fourth-order valence-corrected chi connectivity index (χ4v) is 6.50. The molecule has 0 spiro atoms. The van der Waals surface area contributed by atoms with Crippen molar-refractivity contribution in [1.82, 2.24) is 15.3 Å². The van der Waals surface area contributed by atoms with Gasteiger partial charge in [0.15, 0.2) is 14.0 Å². The minimum Gasteiger partial charge on any atom is -0.417 e. The fraction of sp³-hybridized carbons (Fsp3) is 0.312. The van der Waals surface area contributed by atoms with E-state index in [2.05, 4.69) is 59.8 Å². The number of anilines is 2. The first kappa shape index (κ1) is 32.4. The zero-order valence-corrected chi connectivity index (χ0v) is 28.7. The number of carbonyl (C=O) groups excluding carboxylic acids is 2. The molecule has 2 aromatic carbocycles. The summed E-state index contributed by atoms with van der Waals surface area (Å²) in [5.74, 6) is -0.508. The van der Waals surface area contributed by atoms with Gasteiger partial charge in [-0.3, -0.25) is 15.0 Å². The van der Waals surface area contributed by atoms with Crippen molar-refractivity contribution in [1.29, 1.82) is 0 Å². The molecule has 234 valence electrons. The maximum Gasteiger partial charge on any atom is 0.303 e. The minimum atomic E-state index is -1.74. The lowest BCUT2D eigenvalue weighted by molar-refractivity contribution is -0.112. The number of rotatable bonds is 12. The van der Waals surface area contributed by atoms with Crippen LogP contribution in [-0.2, 0) is 9.22 Å². The van der Waals surface area contributed by atoms with Crippen molar-refractivity contribution in [2.75, 3.05) is 23.6 Å². The fourth-order valence-electron chi connectivity index (χ4n) is 4.16. The van der Waals surface area contributed by atoms with Gasteiger partial charge in [-0.2, -0.15) is 15.2 Å². The summed E-state index contributed by atoms with van der Waals surface area (Å²) in [4.78, 5) is 35.1. The van der Waals surface area contributed by atoms with Crippen LogP contribution >= 0.6 is 22.7 Å². The van der Waals surface area contributed by atoms with Gasteiger partial charge in [-0.25, -0.2) is 9.97 Å². The molecule has 10 nitrogen and oxygen atoms in total. The lowest BCUT2D eigenvalue weighted by atomic mass is 10.1. The van der Waals surface area contributed by atoms with Crippen molar-refractivity contribution in [3.05, 3.63) is 82.7 Å². The SMILES string of the molecule is CC(C)(C)[Si](C)(C)OCCCCNC(=O)c1ccc(-c2csc(N3N=C(c4ccccc4)/C(=N\Nc4nccs4)C3=O)n2)cc1. The standard InChI is InChI=1S/C32H37N7O3S2Si/c1-32(2,3)45(4,5)42-19-10-9-17-33-28(40)24-15-13-22(14-16-24)25-21-44-31(35-25)39-29(41)27(36-37-30-34-18-20-43-30)26(38-39)23-11-7-6-8-12-23/h6-8,11-16,18,20-21H,9-10,17,19H2,1-5H3,(H,33,40)(H,34,37)/b36-27+. The largest absolute Gasteiger partial charge is 0.417 e. The second-order valence-electron chi connectivity index (χ2n) is 12.0. The van der Waals surface area contributed by atoms with E-state index in [-0.39, 0.29) is 16.7 Å². The Kier molecular flexibility index (Phi) is 10.0. The predicted octanol–water partition coefficient (Wildman–Crippen LogP) is 7.02. The molecule has 4 aromatic rings. The first-order valence-corrected chi connectivity index (χ1v) is 19.4. The second kappa shape index (κ2) is 13.9. The Labute approximate surface area is 272 Å². The molecule has 0 unspecified atom stereocenters. The van der Waals surface area contributed by atoms with E-state index >= 15 is 0 Å². The first-order chi connectivity index (χ1) is 21.5. The average Bonchev–Trinajstić information content (AvgIpc) is 3.79. The van der Waals surface area contributed by atoms with Crippen LogP contribution in [0.25, 0.3) is 11.3 Å². The van der Waals surface area contributed by atoms with Gasteiger partial charge in [0.05, 0.1) is 5.69 Å². The lowest BCUT2D eigenvalue weighted by Gasteiger charge is -2.36. The predicted molar refractivity (Wildman–Crippen MR) is 186 cm³/mol. The summed E-state index contributed by atoms with van der Waals surface area (Å²) in [6.07, 6.45) is 3.42. The summed E-state index contributed by atoms with van der Waals surface area (Å²) in [5, 5.41) is 18.1. The highest BCUT2D eigenvalue weighted by molar-refractivity contribution is 7.14. The molecular formula is C32H37N7O3S2Si. The monoisotopic (exact) mass is 659 g/mol. The van der Waals surface area contributed by atoms with Crippen molar-refractivity contribution in [3.8, 4) is 11.3 Å². The van der Waals surface area contributed by atoms with Gasteiger partial charge < -0.3 is 9.74 Å². The summed E-state index contributed by atoms with van der Waals surface area (Å²) in [6.45, 7) is 12.5. The molecule has 1 aliphatic heterocycles. The van der Waals surface area contributed by atoms with Crippen LogP contribution in [0.5, 0.6) is 0 Å². The minimum absolute atomic E-state index is 0.116. The van der Waals surface area contributed by atoms with E-state index in [0.717, 1.165) is 30.6 Å². The quantitative estimate of drug-likeness (QED) is 0.0958. The number of hydrogen-bond donors (Lipinski definition) is 2. The number of benzene rings is 2. The van der Waals surface area contributed by atoms with E-state index in [4.69, 9.17) is 9.41 Å². The Bertz CT molecular complexity index is 1680. The first-order valence-electron chi connectivity index (χ1n) is 14.7. The smallest absolute Gasteiger partial charge is 0.303 e. The molecule has 0 saturated heterocycles. The Hall–Kier alpha value is -4.04. The summed E-state index contributed by atoms with van der Waals surface area (Å²) in [7, 11) is -1.74. The number of hydrazone groups is 2.